The highest BCUT2D eigenvalue weighted by molar-refractivity contribution is 5.83. The van der Waals surface area contributed by atoms with Gasteiger partial charge in [0, 0.05) is 0 Å². The lowest BCUT2D eigenvalue weighted by atomic mass is 10.2. The Morgan fingerprint density at radius 1 is 0.808 bits per heavy atom. The van der Waals surface area contributed by atoms with Gasteiger partial charge < -0.3 is 14.4 Å². The Morgan fingerprint density at radius 3 is 2.50 bits per heavy atom. The van der Waals surface area contributed by atoms with Crippen molar-refractivity contribution in [1.82, 2.24) is 19.9 Å². The molecule has 0 fully saturated rings. The molecule has 3 aromatic heterocycles. The summed E-state index contributed by atoms with van der Waals surface area (Å²) >= 11 is 0. The zero-order valence-electron chi connectivity index (χ0n) is 14.8. The molecule has 2 N–H and O–H groups in total. The second-order valence-corrected chi connectivity index (χ2v) is 6.79. The van der Waals surface area contributed by atoms with E-state index in [1.54, 1.807) is 0 Å². The highest BCUT2D eigenvalue weighted by Crippen LogP contribution is 2.32. The van der Waals surface area contributed by atoms with Crippen molar-refractivity contribution in [3.05, 3.63) is 59.2 Å². The number of H-pyrrole nitrogens is 2. The zero-order chi connectivity index (χ0) is 17.8. The van der Waals surface area contributed by atoms with Crippen molar-refractivity contribution >= 4 is 22.1 Å². The molecular formula is C21H18N4O. The zero-order valence-corrected chi connectivity index (χ0v) is 14.8. The normalized spacial score (nSPS) is 11.7. The summed E-state index contributed by atoms with van der Waals surface area (Å²) in [5.74, 6) is 2.92. The van der Waals surface area contributed by atoms with Crippen LogP contribution in [-0.4, -0.2) is 19.9 Å². The lowest BCUT2D eigenvalue weighted by Gasteiger charge is -1.92. The molecule has 5 aromatic rings. The minimum Gasteiger partial charge on any atom is -0.449 e. The van der Waals surface area contributed by atoms with Crippen LogP contribution in [-0.2, 0) is 0 Å². The highest BCUT2D eigenvalue weighted by atomic mass is 16.3. The number of aromatic nitrogens is 4. The van der Waals surface area contributed by atoms with Gasteiger partial charge in [0.25, 0.3) is 0 Å². The van der Waals surface area contributed by atoms with Crippen LogP contribution in [0, 0.1) is 20.8 Å². The monoisotopic (exact) mass is 342 g/mol. The molecule has 0 aliphatic heterocycles. The third-order valence-electron chi connectivity index (χ3n) is 4.72. The van der Waals surface area contributed by atoms with Gasteiger partial charge in [0.05, 0.1) is 22.1 Å². The molecule has 5 nitrogen and oxygen atoms in total. The van der Waals surface area contributed by atoms with Crippen LogP contribution >= 0.6 is 0 Å². The van der Waals surface area contributed by atoms with Gasteiger partial charge in [-0.25, -0.2) is 9.97 Å². The van der Waals surface area contributed by atoms with Gasteiger partial charge in [0.15, 0.2) is 23.2 Å². The molecule has 5 rings (SSSR count). The molecule has 3 heterocycles. The Labute approximate surface area is 150 Å². The number of nitrogens with zero attached hydrogens (tertiary/aromatic N) is 2. The fourth-order valence-electron chi connectivity index (χ4n) is 3.36. The van der Waals surface area contributed by atoms with Crippen molar-refractivity contribution in [3.63, 3.8) is 0 Å². The SMILES string of the molecule is Cc1ccc2nc(-c3cc(C)c(-c4nc5c(C)cccc5[nH]4)o3)[nH]c2c1. The molecule has 5 heteroatoms. The second-order valence-electron chi connectivity index (χ2n) is 6.79. The molecule has 0 aliphatic carbocycles. The van der Waals surface area contributed by atoms with E-state index in [1.807, 2.05) is 31.2 Å². The van der Waals surface area contributed by atoms with Crippen molar-refractivity contribution in [3.8, 4) is 23.2 Å². The minimum absolute atomic E-state index is 0.712. The van der Waals surface area contributed by atoms with Gasteiger partial charge in [-0.05, 0) is 61.7 Å². The Balaban J connectivity index is 1.63. The first kappa shape index (κ1) is 15.0. The third-order valence-corrected chi connectivity index (χ3v) is 4.72. The van der Waals surface area contributed by atoms with Crippen LogP contribution in [0.1, 0.15) is 16.7 Å². The Morgan fingerprint density at radius 2 is 1.65 bits per heavy atom. The van der Waals surface area contributed by atoms with Gasteiger partial charge >= 0.3 is 0 Å². The standard InChI is InChI=1S/C21H18N4O/c1-11-7-8-14-16(9-11)24-20(22-14)17-10-13(3)19(26-17)21-23-15-6-4-5-12(2)18(15)25-21/h4-10H,1-3H3,(H,22,24)(H,23,25). The largest absolute Gasteiger partial charge is 0.449 e. The van der Waals surface area contributed by atoms with Gasteiger partial charge in [0.2, 0.25) is 0 Å². The molecule has 0 aliphatic rings. The summed E-state index contributed by atoms with van der Waals surface area (Å²) in [4.78, 5) is 16.1. The summed E-state index contributed by atoms with van der Waals surface area (Å²) in [6.45, 7) is 6.15. The number of furan rings is 1. The number of fused-ring (bicyclic) bond motifs is 2. The van der Waals surface area contributed by atoms with Crippen LogP contribution in [0.15, 0.2) is 46.9 Å². The van der Waals surface area contributed by atoms with Gasteiger partial charge in [-0.15, -0.1) is 0 Å². The van der Waals surface area contributed by atoms with E-state index in [-0.39, 0.29) is 0 Å². The van der Waals surface area contributed by atoms with Gasteiger partial charge in [-0.2, -0.15) is 0 Å². The van der Waals surface area contributed by atoms with E-state index in [0.29, 0.717) is 5.76 Å². The summed E-state index contributed by atoms with van der Waals surface area (Å²) in [6.07, 6.45) is 0. The Bertz CT molecular complexity index is 1270. The molecule has 0 amide bonds. The molecule has 2 aromatic carbocycles. The Hall–Kier alpha value is -3.34. The van der Waals surface area contributed by atoms with E-state index in [4.69, 9.17) is 9.40 Å². The second kappa shape index (κ2) is 5.33. The lowest BCUT2D eigenvalue weighted by molar-refractivity contribution is 0.587. The number of benzene rings is 2. The fraction of sp³-hybridized carbons (Fsp3) is 0.143. The van der Waals surface area contributed by atoms with Gasteiger partial charge in [-0.1, -0.05) is 18.2 Å². The number of aryl methyl sites for hydroxylation is 3. The quantitative estimate of drug-likeness (QED) is 0.458. The van der Waals surface area contributed by atoms with Gasteiger partial charge in [0.1, 0.15) is 0 Å². The average molecular weight is 342 g/mol. The number of rotatable bonds is 2. The van der Waals surface area contributed by atoms with Crippen molar-refractivity contribution in [2.75, 3.05) is 0 Å². The van der Waals surface area contributed by atoms with E-state index in [1.165, 1.54) is 5.56 Å². The molecule has 128 valence electrons. The first-order valence-corrected chi connectivity index (χ1v) is 8.61. The molecule has 0 spiro atoms. The molecule has 0 radical (unpaired) electrons. The first-order chi connectivity index (χ1) is 12.6. The summed E-state index contributed by atoms with van der Waals surface area (Å²) in [7, 11) is 0. The van der Waals surface area contributed by atoms with Crippen molar-refractivity contribution in [2.24, 2.45) is 0 Å². The fourth-order valence-corrected chi connectivity index (χ4v) is 3.36. The molecule has 0 unspecified atom stereocenters. The maximum absolute atomic E-state index is 6.13. The molecule has 0 saturated carbocycles. The van der Waals surface area contributed by atoms with Gasteiger partial charge in [-0.3, -0.25) is 0 Å². The average Bonchev–Trinajstić information content (AvgIpc) is 3.30. The van der Waals surface area contributed by atoms with Crippen LogP contribution in [0.25, 0.3) is 45.2 Å². The molecule has 0 saturated heterocycles. The number of hydrogen-bond donors (Lipinski definition) is 2. The lowest BCUT2D eigenvalue weighted by Crippen LogP contribution is -1.79. The number of para-hydroxylation sites is 1. The molecule has 0 atom stereocenters. The summed E-state index contributed by atoms with van der Waals surface area (Å²) in [5, 5.41) is 0. The molecule has 0 bridgehead atoms. The first-order valence-electron chi connectivity index (χ1n) is 8.61. The van der Waals surface area contributed by atoms with Crippen LogP contribution in [0.2, 0.25) is 0 Å². The number of hydrogen-bond acceptors (Lipinski definition) is 3. The summed E-state index contributed by atoms with van der Waals surface area (Å²) in [6, 6.07) is 14.3. The maximum atomic E-state index is 6.13. The number of aromatic amines is 2. The van der Waals surface area contributed by atoms with Crippen LogP contribution < -0.4 is 0 Å². The van der Waals surface area contributed by atoms with E-state index in [2.05, 4.69) is 47.0 Å². The predicted molar refractivity (Wildman–Crippen MR) is 103 cm³/mol. The summed E-state index contributed by atoms with van der Waals surface area (Å²) in [5.41, 5.74) is 7.28. The van der Waals surface area contributed by atoms with Crippen molar-refractivity contribution in [2.45, 2.75) is 20.8 Å². The Kier molecular flexibility index (Phi) is 3.06. The third kappa shape index (κ3) is 2.24. The molecular weight excluding hydrogens is 324 g/mol. The summed E-state index contributed by atoms with van der Waals surface area (Å²) < 4.78 is 6.13. The van der Waals surface area contributed by atoms with E-state index >= 15 is 0 Å². The predicted octanol–water partition coefficient (Wildman–Crippen LogP) is 5.29. The van der Waals surface area contributed by atoms with Crippen LogP contribution in [0.4, 0.5) is 0 Å². The van der Waals surface area contributed by atoms with E-state index in [0.717, 1.165) is 50.6 Å². The van der Waals surface area contributed by atoms with Crippen LogP contribution in [0.5, 0.6) is 0 Å². The van der Waals surface area contributed by atoms with Crippen LogP contribution in [0.3, 0.4) is 0 Å². The van der Waals surface area contributed by atoms with E-state index < -0.39 is 0 Å². The molecule has 26 heavy (non-hydrogen) atoms. The number of nitrogens with one attached hydrogen (secondary N) is 2. The van der Waals surface area contributed by atoms with Crippen molar-refractivity contribution in [1.29, 1.82) is 0 Å². The van der Waals surface area contributed by atoms with Crippen molar-refractivity contribution < 1.29 is 4.42 Å². The minimum atomic E-state index is 0.712. The maximum Gasteiger partial charge on any atom is 0.174 e. The topological polar surface area (TPSA) is 70.5 Å². The number of imidazole rings is 2. The highest BCUT2D eigenvalue weighted by Gasteiger charge is 2.17. The smallest absolute Gasteiger partial charge is 0.174 e. The van der Waals surface area contributed by atoms with E-state index in [9.17, 15) is 0 Å².